The Bertz CT molecular complexity index is 855. The van der Waals surface area contributed by atoms with Crippen LogP contribution in [0.1, 0.15) is 50.6 Å². The number of fused-ring (bicyclic) bond motifs is 1. The number of rotatable bonds is 3. The van der Waals surface area contributed by atoms with E-state index in [0.29, 0.717) is 11.5 Å². The number of benzene rings is 1. The third kappa shape index (κ3) is 3.28. The van der Waals surface area contributed by atoms with Crippen molar-refractivity contribution in [2.45, 2.75) is 51.2 Å². The Kier molecular flexibility index (Phi) is 4.80. The number of allylic oxidation sites excluding steroid dienone is 1. The minimum atomic E-state index is -0.359. The van der Waals surface area contributed by atoms with Gasteiger partial charge in [-0.2, -0.15) is 10.1 Å². The second kappa shape index (κ2) is 7.23. The van der Waals surface area contributed by atoms with Crippen molar-refractivity contribution >= 4 is 27.8 Å². The zero-order chi connectivity index (χ0) is 18.1. The van der Waals surface area contributed by atoms with Gasteiger partial charge in [0.2, 0.25) is 5.95 Å². The molecule has 1 saturated carbocycles. The monoisotopic (exact) mass is 416 g/mol. The molecular formula is C19H21BrN4O2. The van der Waals surface area contributed by atoms with E-state index in [-0.39, 0.29) is 18.1 Å². The minimum Gasteiger partial charge on any atom is -0.459 e. The van der Waals surface area contributed by atoms with Gasteiger partial charge in [-0.3, -0.25) is 0 Å². The van der Waals surface area contributed by atoms with Gasteiger partial charge in [0.1, 0.15) is 18.5 Å². The van der Waals surface area contributed by atoms with E-state index in [2.05, 4.69) is 31.3 Å². The van der Waals surface area contributed by atoms with E-state index >= 15 is 0 Å². The summed E-state index contributed by atoms with van der Waals surface area (Å²) in [7, 11) is 0. The van der Waals surface area contributed by atoms with Crippen LogP contribution < -0.4 is 5.32 Å². The average Bonchev–Trinajstić information content (AvgIpc) is 3.09. The van der Waals surface area contributed by atoms with Gasteiger partial charge in [-0.15, -0.1) is 0 Å². The van der Waals surface area contributed by atoms with Crippen LogP contribution in [0.25, 0.3) is 0 Å². The number of hydrogen-bond acceptors (Lipinski definition) is 5. The maximum absolute atomic E-state index is 13.1. The molecule has 0 saturated heterocycles. The number of nitrogens with one attached hydrogen (secondary N) is 1. The van der Waals surface area contributed by atoms with Gasteiger partial charge >= 0.3 is 5.97 Å². The number of carbonyl (C=O) groups is 1. The third-order valence-corrected chi connectivity index (χ3v) is 5.50. The van der Waals surface area contributed by atoms with Crippen molar-refractivity contribution < 1.29 is 9.53 Å². The molecule has 2 aromatic rings. The van der Waals surface area contributed by atoms with Crippen molar-refractivity contribution in [2.75, 3.05) is 5.32 Å². The minimum absolute atomic E-state index is 0.0110. The molecule has 1 aromatic carbocycles. The van der Waals surface area contributed by atoms with Crippen LogP contribution in [-0.2, 0) is 9.53 Å². The van der Waals surface area contributed by atoms with Crippen molar-refractivity contribution in [3.63, 3.8) is 0 Å². The van der Waals surface area contributed by atoms with E-state index < -0.39 is 0 Å². The number of nitrogens with zero attached hydrogens (tertiary/aromatic N) is 3. The molecule has 1 aromatic heterocycles. The number of carbonyl (C=O) groups excluding carboxylic acids is 1. The van der Waals surface area contributed by atoms with Crippen molar-refractivity contribution in [2.24, 2.45) is 0 Å². The number of esters is 1. The van der Waals surface area contributed by atoms with Crippen LogP contribution in [0.5, 0.6) is 0 Å². The summed E-state index contributed by atoms with van der Waals surface area (Å²) in [5, 5.41) is 7.52. The highest BCUT2D eigenvalue weighted by atomic mass is 79.9. The normalized spacial score (nSPS) is 20.5. The zero-order valence-corrected chi connectivity index (χ0v) is 16.2. The predicted octanol–water partition coefficient (Wildman–Crippen LogP) is 4.21. The number of halogens is 1. The maximum atomic E-state index is 13.1. The Labute approximate surface area is 160 Å². The summed E-state index contributed by atoms with van der Waals surface area (Å²) in [6.07, 6.45) is 6.86. The molecule has 6 nitrogen and oxygen atoms in total. The summed E-state index contributed by atoms with van der Waals surface area (Å²) in [6, 6.07) is 7.55. The first-order chi connectivity index (χ1) is 12.6. The molecule has 2 aliphatic rings. The first-order valence-corrected chi connectivity index (χ1v) is 9.76. The van der Waals surface area contributed by atoms with Crippen LogP contribution in [0.2, 0.25) is 0 Å². The molecule has 0 bridgehead atoms. The number of anilines is 1. The Morgan fingerprint density at radius 1 is 1.31 bits per heavy atom. The number of aromatic nitrogens is 3. The molecule has 1 aliphatic carbocycles. The average molecular weight is 417 g/mol. The van der Waals surface area contributed by atoms with E-state index in [9.17, 15) is 4.79 Å². The van der Waals surface area contributed by atoms with Crippen LogP contribution in [0, 0.1) is 0 Å². The van der Waals surface area contributed by atoms with Gasteiger partial charge in [-0.25, -0.2) is 9.48 Å². The summed E-state index contributed by atoms with van der Waals surface area (Å²) < 4.78 is 8.56. The molecule has 0 radical (unpaired) electrons. The number of hydrogen-bond donors (Lipinski definition) is 1. The lowest BCUT2D eigenvalue weighted by Crippen LogP contribution is -2.32. The van der Waals surface area contributed by atoms with E-state index in [0.717, 1.165) is 41.4 Å². The standard InChI is InChI=1S/C19H21BrN4O2/c1-12-16(18(25)26-15-8-3-2-4-9-15)17(13-6-5-7-14(20)10-13)24-19(23-12)21-11-22-24/h5-7,10-11,15,17H,2-4,8-9H2,1H3,(H,21,22,23)/t17-/m1/s1. The smallest absolute Gasteiger partial charge is 0.338 e. The van der Waals surface area contributed by atoms with Crippen LogP contribution in [-0.4, -0.2) is 26.8 Å². The quantitative estimate of drug-likeness (QED) is 0.758. The summed E-state index contributed by atoms with van der Waals surface area (Å²) in [5.74, 6) is 0.356. The van der Waals surface area contributed by atoms with Gasteiger partial charge in [0.05, 0.1) is 5.57 Å². The van der Waals surface area contributed by atoms with Crippen molar-refractivity contribution in [1.29, 1.82) is 0 Å². The maximum Gasteiger partial charge on any atom is 0.338 e. The fourth-order valence-corrected chi connectivity index (χ4v) is 4.15. The van der Waals surface area contributed by atoms with E-state index in [1.165, 1.54) is 12.7 Å². The lowest BCUT2D eigenvalue weighted by molar-refractivity contribution is -0.146. The zero-order valence-electron chi connectivity index (χ0n) is 14.6. The van der Waals surface area contributed by atoms with Crippen molar-refractivity contribution in [3.8, 4) is 0 Å². The molecule has 1 aliphatic heterocycles. The highest BCUT2D eigenvalue weighted by Gasteiger charge is 2.35. The van der Waals surface area contributed by atoms with E-state index in [4.69, 9.17) is 4.74 Å². The lowest BCUT2D eigenvalue weighted by atomic mass is 9.95. The SMILES string of the molecule is CC1=C(C(=O)OC2CCCCC2)[C@@H](c2cccc(Br)c2)n2ncnc2N1. The van der Waals surface area contributed by atoms with Crippen LogP contribution in [0.15, 0.2) is 46.3 Å². The second-order valence-corrected chi connectivity index (χ2v) is 7.73. The lowest BCUT2D eigenvalue weighted by Gasteiger charge is -2.30. The van der Waals surface area contributed by atoms with Gasteiger partial charge < -0.3 is 10.1 Å². The predicted molar refractivity (Wildman–Crippen MR) is 102 cm³/mol. The van der Waals surface area contributed by atoms with Crippen molar-refractivity contribution in [3.05, 3.63) is 51.9 Å². The molecular weight excluding hydrogens is 396 g/mol. The first kappa shape index (κ1) is 17.3. The molecule has 26 heavy (non-hydrogen) atoms. The van der Waals surface area contributed by atoms with Crippen LogP contribution in [0.4, 0.5) is 5.95 Å². The fourth-order valence-electron chi connectivity index (χ4n) is 3.74. The van der Waals surface area contributed by atoms with Gasteiger partial charge in [-0.05, 0) is 50.3 Å². The Morgan fingerprint density at radius 3 is 2.88 bits per heavy atom. The van der Waals surface area contributed by atoms with E-state index in [1.54, 1.807) is 4.68 Å². The third-order valence-electron chi connectivity index (χ3n) is 5.00. The fraction of sp³-hybridized carbons (Fsp3) is 0.421. The van der Waals surface area contributed by atoms with Gasteiger partial charge in [0.25, 0.3) is 0 Å². The summed E-state index contributed by atoms with van der Waals surface area (Å²) in [4.78, 5) is 17.3. The van der Waals surface area contributed by atoms with Gasteiger partial charge in [0.15, 0.2) is 0 Å². The molecule has 4 rings (SSSR count). The van der Waals surface area contributed by atoms with Crippen LogP contribution >= 0.6 is 15.9 Å². The highest BCUT2D eigenvalue weighted by molar-refractivity contribution is 9.10. The summed E-state index contributed by atoms with van der Waals surface area (Å²) in [5.41, 5.74) is 2.31. The Morgan fingerprint density at radius 2 is 2.12 bits per heavy atom. The number of ether oxygens (including phenoxy) is 1. The summed E-state index contributed by atoms with van der Waals surface area (Å²) >= 11 is 3.52. The van der Waals surface area contributed by atoms with Gasteiger partial charge in [-0.1, -0.05) is 34.5 Å². The van der Waals surface area contributed by atoms with Gasteiger partial charge in [0, 0.05) is 10.2 Å². The highest BCUT2D eigenvalue weighted by Crippen LogP contribution is 2.36. The summed E-state index contributed by atoms with van der Waals surface area (Å²) in [6.45, 7) is 1.89. The molecule has 7 heteroatoms. The second-order valence-electron chi connectivity index (χ2n) is 6.81. The molecule has 1 N–H and O–H groups in total. The van der Waals surface area contributed by atoms with E-state index in [1.807, 2.05) is 31.2 Å². The Hall–Kier alpha value is -2.15. The van der Waals surface area contributed by atoms with Crippen LogP contribution in [0.3, 0.4) is 0 Å². The molecule has 1 atom stereocenters. The molecule has 2 heterocycles. The van der Waals surface area contributed by atoms with Crippen molar-refractivity contribution in [1.82, 2.24) is 14.8 Å². The topological polar surface area (TPSA) is 69.0 Å². The molecule has 0 spiro atoms. The molecule has 0 unspecified atom stereocenters. The molecule has 136 valence electrons. The molecule has 0 amide bonds. The Balaban J connectivity index is 1.71. The molecule has 1 fully saturated rings. The first-order valence-electron chi connectivity index (χ1n) is 8.97. The largest absolute Gasteiger partial charge is 0.459 e.